The van der Waals surface area contributed by atoms with Crippen LogP contribution in [0.3, 0.4) is 0 Å². The fraction of sp³-hybridized carbons (Fsp3) is 1.00. The van der Waals surface area contributed by atoms with Gasteiger partial charge in [0, 0.05) is 0 Å². The van der Waals surface area contributed by atoms with Gasteiger partial charge in [0.15, 0.2) is 0 Å². The molecule has 1 nitrogen and oxygen atoms in total. The number of alkyl halides is 2. The molecule has 1 aliphatic rings. The molecule has 17 heavy (non-hydrogen) atoms. The summed E-state index contributed by atoms with van der Waals surface area (Å²) in [5.41, 5.74) is 0.540. The first-order valence-corrected chi connectivity index (χ1v) is 10.5. The molecule has 0 amide bonds. The summed E-state index contributed by atoms with van der Waals surface area (Å²) in [6.07, 6.45) is 10.1. The molecule has 2 unspecified atom stereocenters. The number of halogens is 1. The Morgan fingerprint density at radius 3 is 2.47 bits per heavy atom. The van der Waals surface area contributed by atoms with Crippen LogP contribution in [-0.2, 0) is 0 Å². The van der Waals surface area contributed by atoms with Gasteiger partial charge in [-0.2, -0.15) is 0 Å². The standard InChI is InChI=1S/C15H31IN/c1-4-15(3)11-7-9-13-16-12-8-6-10-14(15)17-5-2/h14,17H,4-13H2,1-3H3/q-1. The monoisotopic (exact) mass is 352 g/mol. The minimum atomic E-state index is 0.540. The van der Waals surface area contributed by atoms with E-state index in [1.807, 2.05) is 0 Å². The zero-order chi connectivity index (χ0) is 12.6. The van der Waals surface area contributed by atoms with E-state index in [0.29, 0.717) is 26.6 Å². The third-order valence-electron chi connectivity index (χ3n) is 4.37. The summed E-state index contributed by atoms with van der Waals surface area (Å²) in [6, 6.07) is 0.758. The molecule has 1 aliphatic heterocycles. The number of nitrogens with one attached hydrogen (secondary N) is 1. The third-order valence-corrected chi connectivity index (χ3v) is 7.43. The minimum absolute atomic E-state index is 0.540. The fourth-order valence-electron chi connectivity index (χ4n) is 2.89. The molecule has 0 aliphatic carbocycles. The molecule has 0 aromatic carbocycles. The van der Waals surface area contributed by atoms with Crippen molar-refractivity contribution in [1.29, 1.82) is 0 Å². The van der Waals surface area contributed by atoms with Crippen molar-refractivity contribution in [2.24, 2.45) is 5.41 Å². The quantitative estimate of drug-likeness (QED) is 0.586. The van der Waals surface area contributed by atoms with Crippen LogP contribution in [-0.4, -0.2) is 21.4 Å². The Morgan fingerprint density at radius 2 is 1.82 bits per heavy atom. The second-order valence-corrected chi connectivity index (χ2v) is 8.87. The van der Waals surface area contributed by atoms with Crippen LogP contribution in [0.5, 0.6) is 0 Å². The molecule has 2 atom stereocenters. The molecule has 2 heteroatoms. The molecule has 1 fully saturated rings. The number of rotatable bonds is 3. The van der Waals surface area contributed by atoms with Crippen molar-refractivity contribution in [2.75, 3.05) is 15.4 Å². The maximum atomic E-state index is 3.77. The summed E-state index contributed by atoms with van der Waals surface area (Å²) in [5, 5.41) is 3.77. The molecule has 1 saturated heterocycles. The van der Waals surface area contributed by atoms with Crippen molar-refractivity contribution < 1.29 is 21.2 Å². The molecule has 0 aromatic rings. The van der Waals surface area contributed by atoms with Crippen LogP contribution in [0.4, 0.5) is 0 Å². The van der Waals surface area contributed by atoms with Gasteiger partial charge >= 0.3 is 119 Å². The van der Waals surface area contributed by atoms with Crippen molar-refractivity contribution in [3.63, 3.8) is 0 Å². The molecule has 0 aromatic heterocycles. The number of hydrogen-bond donors (Lipinski definition) is 1. The van der Waals surface area contributed by atoms with E-state index in [0.717, 1.165) is 12.6 Å². The average Bonchev–Trinajstić information content (AvgIpc) is 2.38. The topological polar surface area (TPSA) is 12.0 Å². The molecule has 1 N–H and O–H groups in total. The van der Waals surface area contributed by atoms with Crippen LogP contribution in [0.25, 0.3) is 0 Å². The molecule has 1 rings (SSSR count). The first-order chi connectivity index (χ1) is 8.23. The van der Waals surface area contributed by atoms with Gasteiger partial charge in [0.05, 0.1) is 0 Å². The van der Waals surface area contributed by atoms with Crippen LogP contribution in [0.1, 0.15) is 65.7 Å². The summed E-state index contributed by atoms with van der Waals surface area (Å²) in [5.74, 6) is 0. The summed E-state index contributed by atoms with van der Waals surface area (Å²) in [7, 11) is 0. The molecule has 0 bridgehead atoms. The van der Waals surface area contributed by atoms with Gasteiger partial charge in [-0.3, -0.25) is 0 Å². The summed E-state index contributed by atoms with van der Waals surface area (Å²) < 4.78 is 3.14. The van der Waals surface area contributed by atoms with Crippen LogP contribution in [0.15, 0.2) is 0 Å². The summed E-state index contributed by atoms with van der Waals surface area (Å²) >= 11 is 0.548. The molecule has 0 spiro atoms. The van der Waals surface area contributed by atoms with Crippen molar-refractivity contribution >= 4 is 0 Å². The van der Waals surface area contributed by atoms with Crippen molar-refractivity contribution in [2.45, 2.75) is 71.8 Å². The Hall–Kier alpha value is 0.690. The van der Waals surface area contributed by atoms with Crippen LogP contribution < -0.4 is 26.5 Å². The molecule has 0 radical (unpaired) electrons. The van der Waals surface area contributed by atoms with Gasteiger partial charge in [-0.15, -0.1) is 0 Å². The second kappa shape index (κ2) is 8.73. The predicted octanol–water partition coefficient (Wildman–Crippen LogP) is 0.824. The van der Waals surface area contributed by atoms with Crippen molar-refractivity contribution in [3.05, 3.63) is 0 Å². The van der Waals surface area contributed by atoms with Crippen LogP contribution in [0, 0.1) is 5.41 Å². The summed E-state index contributed by atoms with van der Waals surface area (Å²) in [6.45, 7) is 8.30. The van der Waals surface area contributed by atoms with E-state index in [9.17, 15) is 0 Å². The molecule has 0 saturated carbocycles. The Labute approximate surface area is 119 Å². The van der Waals surface area contributed by atoms with E-state index < -0.39 is 0 Å². The molecule has 1 heterocycles. The van der Waals surface area contributed by atoms with E-state index in [1.165, 1.54) is 44.9 Å². The van der Waals surface area contributed by atoms with Gasteiger partial charge < -0.3 is 0 Å². The normalized spacial score (nSPS) is 33.5. The zero-order valence-corrected chi connectivity index (χ0v) is 14.2. The second-order valence-electron chi connectivity index (χ2n) is 5.64. The zero-order valence-electron chi connectivity index (χ0n) is 12.0. The van der Waals surface area contributed by atoms with E-state index >= 15 is 0 Å². The Morgan fingerprint density at radius 1 is 1.12 bits per heavy atom. The SMILES string of the molecule is CCNC1CCCC[I-]CCCCC1(C)CC. The molecule has 104 valence electrons. The Balaban J connectivity index is 2.61. The Kier molecular flexibility index (Phi) is 8.09. The van der Waals surface area contributed by atoms with Gasteiger partial charge in [-0.1, -0.05) is 0 Å². The van der Waals surface area contributed by atoms with Gasteiger partial charge in [-0.05, 0) is 0 Å². The maximum absolute atomic E-state index is 3.77. The average molecular weight is 352 g/mol. The van der Waals surface area contributed by atoms with Crippen molar-refractivity contribution in [1.82, 2.24) is 5.32 Å². The van der Waals surface area contributed by atoms with E-state index in [2.05, 4.69) is 26.1 Å². The van der Waals surface area contributed by atoms with E-state index in [4.69, 9.17) is 0 Å². The molecular formula is C15H31IN-. The Bertz CT molecular complexity index is 195. The van der Waals surface area contributed by atoms with Gasteiger partial charge in [0.25, 0.3) is 0 Å². The summed E-state index contributed by atoms with van der Waals surface area (Å²) in [4.78, 5) is 0. The van der Waals surface area contributed by atoms with Crippen LogP contribution >= 0.6 is 0 Å². The first-order valence-electron chi connectivity index (χ1n) is 7.49. The fourth-order valence-corrected chi connectivity index (χ4v) is 5.59. The van der Waals surface area contributed by atoms with Gasteiger partial charge in [0.1, 0.15) is 0 Å². The van der Waals surface area contributed by atoms with Crippen molar-refractivity contribution in [3.8, 4) is 0 Å². The van der Waals surface area contributed by atoms with Gasteiger partial charge in [-0.25, -0.2) is 0 Å². The van der Waals surface area contributed by atoms with Crippen LogP contribution in [0.2, 0.25) is 0 Å². The van der Waals surface area contributed by atoms with E-state index in [1.54, 1.807) is 8.86 Å². The molecular weight excluding hydrogens is 321 g/mol. The predicted molar refractivity (Wildman–Crippen MR) is 73.3 cm³/mol. The third kappa shape index (κ3) is 5.46. The number of hydrogen-bond acceptors (Lipinski definition) is 1. The van der Waals surface area contributed by atoms with E-state index in [-0.39, 0.29) is 0 Å². The van der Waals surface area contributed by atoms with Gasteiger partial charge in [0.2, 0.25) is 0 Å². The first kappa shape index (κ1) is 15.7.